The third kappa shape index (κ3) is 4.68. The normalized spacial score (nSPS) is 14.6. The molecule has 0 radical (unpaired) electrons. The lowest BCUT2D eigenvalue weighted by molar-refractivity contribution is -0.386. The van der Waals surface area contributed by atoms with Crippen molar-refractivity contribution in [2.24, 2.45) is 5.92 Å². The highest BCUT2D eigenvalue weighted by molar-refractivity contribution is 7.89. The lowest BCUT2D eigenvalue weighted by Crippen LogP contribution is -2.33. The number of phenols is 1. The van der Waals surface area contributed by atoms with E-state index in [0.29, 0.717) is 12.3 Å². The number of nitro groups is 1. The fourth-order valence-corrected chi connectivity index (χ4v) is 3.24. The van der Waals surface area contributed by atoms with Gasteiger partial charge in [0.05, 0.1) is 9.82 Å². The van der Waals surface area contributed by atoms with E-state index in [0.717, 1.165) is 24.6 Å². The first kappa shape index (κ1) is 17.4. The smallest absolute Gasteiger partial charge is 0.312 e. The van der Waals surface area contributed by atoms with Crippen molar-refractivity contribution in [1.29, 1.82) is 0 Å². The van der Waals surface area contributed by atoms with Crippen LogP contribution in [0.3, 0.4) is 0 Å². The summed E-state index contributed by atoms with van der Waals surface area (Å²) in [6, 6.07) is 2.72. The first-order valence-corrected chi connectivity index (χ1v) is 8.15. The molecule has 0 fully saturated rings. The lowest BCUT2D eigenvalue weighted by Gasteiger charge is -2.17. The Labute approximate surface area is 124 Å². The van der Waals surface area contributed by atoms with Gasteiger partial charge in [-0.25, -0.2) is 13.1 Å². The molecule has 0 aliphatic rings. The summed E-state index contributed by atoms with van der Waals surface area (Å²) < 4.78 is 26.9. The van der Waals surface area contributed by atoms with Gasteiger partial charge in [-0.15, -0.1) is 0 Å². The average Bonchev–Trinajstić information content (AvgIpc) is 2.37. The summed E-state index contributed by atoms with van der Waals surface area (Å²) in [4.78, 5) is 9.68. The van der Waals surface area contributed by atoms with E-state index in [4.69, 9.17) is 0 Å². The minimum absolute atomic E-state index is 0.233. The van der Waals surface area contributed by atoms with Crippen molar-refractivity contribution >= 4 is 15.7 Å². The molecular weight excluding hydrogens is 296 g/mol. The van der Waals surface area contributed by atoms with Crippen molar-refractivity contribution in [3.63, 3.8) is 0 Å². The molecule has 0 bridgehead atoms. The van der Waals surface area contributed by atoms with Crippen molar-refractivity contribution in [3.05, 3.63) is 28.3 Å². The maximum absolute atomic E-state index is 12.2. The molecule has 1 aromatic rings. The van der Waals surface area contributed by atoms with Gasteiger partial charge in [0.2, 0.25) is 10.0 Å². The molecule has 0 aliphatic heterocycles. The second kappa shape index (κ2) is 6.86. The van der Waals surface area contributed by atoms with Crippen LogP contribution in [-0.2, 0) is 10.0 Å². The molecular formula is C13H20N2O5S. The van der Waals surface area contributed by atoms with Gasteiger partial charge in [0.15, 0.2) is 5.75 Å². The van der Waals surface area contributed by atoms with Gasteiger partial charge in [-0.2, -0.15) is 0 Å². The maximum atomic E-state index is 12.2. The number of nitrogens with one attached hydrogen (secondary N) is 1. The molecule has 0 saturated heterocycles. The molecule has 0 spiro atoms. The lowest BCUT2D eigenvalue weighted by atomic mass is 10.0. The minimum atomic E-state index is -3.85. The van der Waals surface area contributed by atoms with Crippen molar-refractivity contribution < 1.29 is 18.4 Å². The molecule has 21 heavy (non-hydrogen) atoms. The molecule has 2 atom stereocenters. The molecule has 0 aliphatic carbocycles. The van der Waals surface area contributed by atoms with Crippen LogP contribution in [0, 0.1) is 16.0 Å². The number of benzene rings is 1. The molecule has 0 aromatic heterocycles. The first-order valence-electron chi connectivity index (χ1n) is 6.67. The number of sulfonamides is 1. The molecule has 2 unspecified atom stereocenters. The molecule has 7 nitrogen and oxygen atoms in total. The van der Waals surface area contributed by atoms with Crippen LogP contribution in [0.1, 0.15) is 33.6 Å². The van der Waals surface area contributed by atoms with Gasteiger partial charge in [0.1, 0.15) is 0 Å². The van der Waals surface area contributed by atoms with Gasteiger partial charge in [0, 0.05) is 12.1 Å². The summed E-state index contributed by atoms with van der Waals surface area (Å²) in [7, 11) is -3.85. The Morgan fingerprint density at radius 1 is 1.38 bits per heavy atom. The van der Waals surface area contributed by atoms with Gasteiger partial charge in [-0.3, -0.25) is 10.1 Å². The number of nitro benzene ring substituents is 1. The Hall–Kier alpha value is -1.67. The summed E-state index contributed by atoms with van der Waals surface area (Å²) in [6.45, 7) is 5.80. The zero-order valence-corrected chi connectivity index (χ0v) is 13.1. The molecule has 0 saturated carbocycles. The van der Waals surface area contributed by atoms with Gasteiger partial charge >= 0.3 is 5.69 Å². The zero-order chi connectivity index (χ0) is 16.2. The molecule has 2 N–H and O–H groups in total. The summed E-state index contributed by atoms with van der Waals surface area (Å²) in [5.41, 5.74) is -0.632. The van der Waals surface area contributed by atoms with Crippen LogP contribution >= 0.6 is 0 Å². The maximum Gasteiger partial charge on any atom is 0.312 e. The fourth-order valence-electron chi connectivity index (χ4n) is 1.97. The number of hydrogen-bond acceptors (Lipinski definition) is 5. The van der Waals surface area contributed by atoms with Crippen molar-refractivity contribution in [2.75, 3.05) is 0 Å². The van der Waals surface area contributed by atoms with Gasteiger partial charge in [0.25, 0.3) is 0 Å². The topological polar surface area (TPSA) is 110 Å². The zero-order valence-electron chi connectivity index (χ0n) is 12.2. The Morgan fingerprint density at radius 2 is 2.00 bits per heavy atom. The fraction of sp³-hybridized carbons (Fsp3) is 0.538. The number of phenolic OH excluding ortho intramolecular Hbond substituents is 1. The Morgan fingerprint density at radius 3 is 2.52 bits per heavy atom. The van der Waals surface area contributed by atoms with E-state index >= 15 is 0 Å². The van der Waals surface area contributed by atoms with E-state index in [1.807, 2.05) is 13.8 Å². The summed E-state index contributed by atoms with van der Waals surface area (Å²) in [6.07, 6.45) is 1.62. The second-order valence-electron chi connectivity index (χ2n) is 5.18. The second-order valence-corrected chi connectivity index (χ2v) is 6.89. The molecule has 0 heterocycles. The van der Waals surface area contributed by atoms with Crippen molar-refractivity contribution in [3.8, 4) is 5.75 Å². The Bertz CT molecular complexity index is 615. The minimum Gasteiger partial charge on any atom is -0.502 e. The number of aromatic hydroxyl groups is 1. The molecule has 118 valence electrons. The van der Waals surface area contributed by atoms with E-state index in [2.05, 4.69) is 4.72 Å². The van der Waals surface area contributed by atoms with E-state index in [1.54, 1.807) is 6.92 Å². The van der Waals surface area contributed by atoms with Crippen LogP contribution in [0.5, 0.6) is 5.75 Å². The molecule has 8 heteroatoms. The highest BCUT2D eigenvalue weighted by Gasteiger charge is 2.23. The van der Waals surface area contributed by atoms with E-state index < -0.39 is 26.4 Å². The Balaban J connectivity index is 2.98. The van der Waals surface area contributed by atoms with Crippen LogP contribution in [0.25, 0.3) is 0 Å². The average molecular weight is 316 g/mol. The third-order valence-electron chi connectivity index (χ3n) is 3.26. The standard InChI is InChI=1S/C13H20N2O5S/c1-4-9(2)7-10(3)14-21(19,20)11-5-6-13(16)12(8-11)15(17)18/h5-6,8-10,14,16H,4,7H2,1-3H3. The van der Waals surface area contributed by atoms with Crippen LogP contribution in [-0.4, -0.2) is 24.5 Å². The van der Waals surface area contributed by atoms with Crippen LogP contribution in [0.2, 0.25) is 0 Å². The van der Waals surface area contributed by atoms with Crippen molar-refractivity contribution in [1.82, 2.24) is 4.72 Å². The van der Waals surface area contributed by atoms with Crippen molar-refractivity contribution in [2.45, 2.75) is 44.6 Å². The first-order chi connectivity index (χ1) is 9.67. The highest BCUT2D eigenvalue weighted by Crippen LogP contribution is 2.28. The quantitative estimate of drug-likeness (QED) is 0.593. The van der Waals surface area contributed by atoms with Gasteiger partial charge in [-0.05, 0) is 31.4 Å². The predicted octanol–water partition coefficient (Wildman–Crippen LogP) is 2.40. The number of hydrogen-bond donors (Lipinski definition) is 2. The van der Waals surface area contributed by atoms with Gasteiger partial charge in [-0.1, -0.05) is 20.3 Å². The van der Waals surface area contributed by atoms with Crippen LogP contribution < -0.4 is 4.72 Å². The van der Waals surface area contributed by atoms with E-state index in [1.165, 1.54) is 0 Å². The number of nitrogens with zero attached hydrogens (tertiary/aromatic N) is 1. The monoisotopic (exact) mass is 316 g/mol. The van der Waals surface area contributed by atoms with E-state index in [-0.39, 0.29) is 10.9 Å². The molecule has 1 rings (SSSR count). The summed E-state index contributed by atoms with van der Waals surface area (Å²) >= 11 is 0. The van der Waals surface area contributed by atoms with Crippen LogP contribution in [0.15, 0.2) is 23.1 Å². The predicted molar refractivity (Wildman–Crippen MR) is 78.6 cm³/mol. The summed E-state index contributed by atoms with van der Waals surface area (Å²) in [5, 5.41) is 20.1. The largest absolute Gasteiger partial charge is 0.502 e. The van der Waals surface area contributed by atoms with Crippen LogP contribution in [0.4, 0.5) is 5.69 Å². The van der Waals surface area contributed by atoms with Gasteiger partial charge < -0.3 is 5.11 Å². The Kier molecular flexibility index (Phi) is 5.68. The van der Waals surface area contributed by atoms with E-state index in [9.17, 15) is 23.6 Å². The molecule has 0 amide bonds. The number of rotatable bonds is 7. The highest BCUT2D eigenvalue weighted by atomic mass is 32.2. The summed E-state index contributed by atoms with van der Waals surface area (Å²) in [5.74, 6) is -0.191. The molecule has 1 aromatic carbocycles. The SMILES string of the molecule is CCC(C)CC(C)NS(=O)(=O)c1ccc(O)c([N+](=O)[O-])c1. The third-order valence-corrected chi connectivity index (χ3v) is 4.85.